The smallest absolute Gasteiger partial charge is 0.115 e. The normalized spacial score (nSPS) is 12.4. The molecule has 0 spiro atoms. The average Bonchev–Trinajstić information content (AvgIpc) is 2.29. The van der Waals surface area contributed by atoms with Crippen LogP contribution in [0.4, 0.5) is 0 Å². The third kappa shape index (κ3) is 2.86. The minimum absolute atomic E-state index is 0.236. The molecule has 1 atom stereocenters. The quantitative estimate of drug-likeness (QED) is 0.847. The van der Waals surface area contributed by atoms with Gasteiger partial charge in [-0.3, -0.25) is 0 Å². The molecule has 2 N–H and O–H groups in total. The van der Waals surface area contributed by atoms with Gasteiger partial charge in [-0.15, -0.1) is 0 Å². The van der Waals surface area contributed by atoms with Crippen molar-refractivity contribution in [2.45, 2.75) is 19.4 Å². The Morgan fingerprint density at radius 3 is 2.41 bits per heavy atom. The van der Waals surface area contributed by atoms with E-state index in [1.54, 1.807) is 19.1 Å². The maximum Gasteiger partial charge on any atom is 0.115 e. The lowest BCUT2D eigenvalue weighted by atomic mass is 9.96. The van der Waals surface area contributed by atoms with Gasteiger partial charge in [0.15, 0.2) is 0 Å². The van der Waals surface area contributed by atoms with Gasteiger partial charge in [0.2, 0.25) is 0 Å². The lowest BCUT2D eigenvalue weighted by molar-refractivity contribution is 0.195. The third-order valence-corrected chi connectivity index (χ3v) is 2.69. The summed E-state index contributed by atoms with van der Waals surface area (Å²) in [7, 11) is 0. The number of benzene rings is 2. The first-order chi connectivity index (χ1) is 8.16. The molecule has 0 radical (unpaired) electrons. The van der Waals surface area contributed by atoms with E-state index in [0.29, 0.717) is 6.42 Å². The molecule has 88 valence electrons. The number of phenols is 1. The maximum atomic E-state index is 9.52. The van der Waals surface area contributed by atoms with E-state index < -0.39 is 6.10 Å². The second-order valence-electron chi connectivity index (χ2n) is 4.26. The zero-order valence-corrected chi connectivity index (χ0v) is 9.80. The van der Waals surface area contributed by atoms with Gasteiger partial charge in [-0.25, -0.2) is 0 Å². The zero-order valence-electron chi connectivity index (χ0n) is 9.80. The standard InChI is InChI=1S/C15H16O2/c1-11(16)9-13-10-14(17)7-8-15(13)12-5-3-2-4-6-12/h2-8,10-11,16-17H,9H2,1H3. The van der Waals surface area contributed by atoms with E-state index in [-0.39, 0.29) is 5.75 Å². The van der Waals surface area contributed by atoms with E-state index in [4.69, 9.17) is 0 Å². The van der Waals surface area contributed by atoms with Crippen molar-refractivity contribution in [2.75, 3.05) is 0 Å². The van der Waals surface area contributed by atoms with Crippen LogP contribution in [0.3, 0.4) is 0 Å². The van der Waals surface area contributed by atoms with Gasteiger partial charge < -0.3 is 10.2 Å². The van der Waals surface area contributed by atoms with Crippen molar-refractivity contribution >= 4 is 0 Å². The molecule has 0 aliphatic carbocycles. The summed E-state index contributed by atoms with van der Waals surface area (Å²) in [6.07, 6.45) is 0.123. The van der Waals surface area contributed by atoms with Gasteiger partial charge in [0.25, 0.3) is 0 Å². The predicted octanol–water partition coefficient (Wildman–Crippen LogP) is 2.98. The van der Waals surface area contributed by atoms with Crippen LogP contribution in [0.2, 0.25) is 0 Å². The predicted molar refractivity (Wildman–Crippen MR) is 68.9 cm³/mol. The SMILES string of the molecule is CC(O)Cc1cc(O)ccc1-c1ccccc1. The van der Waals surface area contributed by atoms with Crippen LogP contribution in [0.15, 0.2) is 48.5 Å². The Hall–Kier alpha value is -1.80. The summed E-state index contributed by atoms with van der Waals surface area (Å²) in [6.45, 7) is 1.75. The molecule has 0 aromatic heterocycles. The van der Waals surface area contributed by atoms with Crippen molar-refractivity contribution < 1.29 is 10.2 Å². The van der Waals surface area contributed by atoms with Crippen molar-refractivity contribution in [2.24, 2.45) is 0 Å². The van der Waals surface area contributed by atoms with E-state index >= 15 is 0 Å². The van der Waals surface area contributed by atoms with Crippen LogP contribution in [0.25, 0.3) is 11.1 Å². The van der Waals surface area contributed by atoms with Gasteiger partial charge in [0, 0.05) is 0 Å². The first-order valence-corrected chi connectivity index (χ1v) is 5.72. The summed E-state index contributed by atoms with van der Waals surface area (Å²) < 4.78 is 0. The molecule has 0 bridgehead atoms. The minimum atomic E-state index is -0.417. The first kappa shape index (κ1) is 11.7. The van der Waals surface area contributed by atoms with E-state index in [2.05, 4.69) is 0 Å². The molecule has 0 saturated carbocycles. The Kier molecular flexibility index (Phi) is 3.45. The summed E-state index contributed by atoms with van der Waals surface area (Å²) in [4.78, 5) is 0. The largest absolute Gasteiger partial charge is 0.508 e. The molecule has 2 heteroatoms. The lowest BCUT2D eigenvalue weighted by Crippen LogP contribution is -2.05. The molecule has 2 aromatic carbocycles. The fourth-order valence-electron chi connectivity index (χ4n) is 1.97. The van der Waals surface area contributed by atoms with Gasteiger partial charge in [0.1, 0.15) is 5.75 Å². The van der Waals surface area contributed by atoms with E-state index in [1.807, 2.05) is 36.4 Å². The summed E-state index contributed by atoms with van der Waals surface area (Å²) >= 11 is 0. The van der Waals surface area contributed by atoms with Gasteiger partial charge in [-0.05, 0) is 42.2 Å². The summed E-state index contributed by atoms with van der Waals surface area (Å²) in [6, 6.07) is 15.3. The summed E-state index contributed by atoms with van der Waals surface area (Å²) in [5.41, 5.74) is 3.12. The molecule has 0 aliphatic heterocycles. The molecule has 2 rings (SSSR count). The summed E-state index contributed by atoms with van der Waals surface area (Å²) in [5, 5.41) is 19.0. The van der Waals surface area contributed by atoms with Crippen molar-refractivity contribution in [3.8, 4) is 16.9 Å². The van der Waals surface area contributed by atoms with Crippen LogP contribution >= 0.6 is 0 Å². The van der Waals surface area contributed by atoms with Crippen LogP contribution in [0.5, 0.6) is 5.75 Å². The van der Waals surface area contributed by atoms with Gasteiger partial charge >= 0.3 is 0 Å². The highest BCUT2D eigenvalue weighted by Gasteiger charge is 2.08. The second kappa shape index (κ2) is 5.02. The Bertz CT molecular complexity index is 490. The van der Waals surface area contributed by atoms with E-state index in [1.165, 1.54) is 0 Å². The first-order valence-electron chi connectivity index (χ1n) is 5.72. The fourth-order valence-corrected chi connectivity index (χ4v) is 1.97. The van der Waals surface area contributed by atoms with Crippen LogP contribution in [-0.2, 0) is 6.42 Å². The average molecular weight is 228 g/mol. The molecule has 0 aliphatic rings. The van der Waals surface area contributed by atoms with Crippen LogP contribution < -0.4 is 0 Å². The van der Waals surface area contributed by atoms with E-state index in [9.17, 15) is 10.2 Å². The van der Waals surface area contributed by atoms with Crippen molar-refractivity contribution in [3.63, 3.8) is 0 Å². The molecular formula is C15H16O2. The molecule has 2 aromatic rings. The van der Waals surface area contributed by atoms with Crippen molar-refractivity contribution in [1.82, 2.24) is 0 Å². The van der Waals surface area contributed by atoms with Crippen LogP contribution in [0, 0.1) is 0 Å². The topological polar surface area (TPSA) is 40.5 Å². The molecule has 17 heavy (non-hydrogen) atoms. The zero-order chi connectivity index (χ0) is 12.3. The Morgan fingerprint density at radius 1 is 1.06 bits per heavy atom. The monoisotopic (exact) mass is 228 g/mol. The Labute approximate surface area is 101 Å². The highest BCUT2D eigenvalue weighted by molar-refractivity contribution is 5.68. The van der Waals surface area contributed by atoms with Gasteiger partial charge in [0.05, 0.1) is 6.10 Å². The van der Waals surface area contributed by atoms with Crippen molar-refractivity contribution in [3.05, 3.63) is 54.1 Å². The van der Waals surface area contributed by atoms with Gasteiger partial charge in [-0.1, -0.05) is 36.4 Å². The summed E-state index contributed by atoms with van der Waals surface area (Å²) in [5.74, 6) is 0.236. The molecule has 0 fully saturated rings. The highest BCUT2D eigenvalue weighted by Crippen LogP contribution is 2.27. The third-order valence-electron chi connectivity index (χ3n) is 2.69. The lowest BCUT2D eigenvalue weighted by Gasteiger charge is -2.12. The van der Waals surface area contributed by atoms with Gasteiger partial charge in [-0.2, -0.15) is 0 Å². The maximum absolute atomic E-state index is 9.52. The number of rotatable bonds is 3. The number of phenolic OH excluding ortho intramolecular Hbond substituents is 1. The second-order valence-corrected chi connectivity index (χ2v) is 4.26. The Balaban J connectivity index is 2.46. The number of aliphatic hydroxyl groups excluding tert-OH is 1. The fraction of sp³-hybridized carbons (Fsp3) is 0.200. The van der Waals surface area contributed by atoms with E-state index in [0.717, 1.165) is 16.7 Å². The molecule has 0 amide bonds. The molecular weight excluding hydrogens is 212 g/mol. The number of aromatic hydroxyl groups is 1. The molecule has 0 heterocycles. The van der Waals surface area contributed by atoms with Crippen LogP contribution in [-0.4, -0.2) is 16.3 Å². The van der Waals surface area contributed by atoms with Crippen molar-refractivity contribution in [1.29, 1.82) is 0 Å². The minimum Gasteiger partial charge on any atom is -0.508 e. The molecule has 1 unspecified atom stereocenters. The molecule has 0 saturated heterocycles. The number of hydrogen-bond acceptors (Lipinski definition) is 2. The van der Waals surface area contributed by atoms with Crippen LogP contribution in [0.1, 0.15) is 12.5 Å². The number of hydrogen-bond donors (Lipinski definition) is 2. The number of aliphatic hydroxyl groups is 1. The highest BCUT2D eigenvalue weighted by atomic mass is 16.3. The Morgan fingerprint density at radius 2 is 1.76 bits per heavy atom. The molecule has 2 nitrogen and oxygen atoms in total.